The Kier molecular flexibility index (Phi) is 4.72. The van der Waals surface area contributed by atoms with Gasteiger partial charge in [-0.1, -0.05) is 6.07 Å². The van der Waals surface area contributed by atoms with E-state index < -0.39 is 0 Å². The van der Waals surface area contributed by atoms with Crippen LogP contribution < -0.4 is 19.9 Å². The molecule has 0 saturated carbocycles. The van der Waals surface area contributed by atoms with Gasteiger partial charge in [-0.3, -0.25) is 9.20 Å². The van der Waals surface area contributed by atoms with Crippen molar-refractivity contribution in [3.05, 3.63) is 69.8 Å². The van der Waals surface area contributed by atoms with E-state index in [1.165, 1.54) is 16.9 Å². The first-order valence-electron chi connectivity index (χ1n) is 10.4. The number of aromatic nitrogens is 2. The minimum absolute atomic E-state index is 0.0144. The number of likely N-dealkylation sites (tertiary alicyclic amines) is 1. The maximum Gasteiger partial charge on any atom is 0.258 e. The molecule has 0 aliphatic carbocycles. The van der Waals surface area contributed by atoms with Gasteiger partial charge < -0.3 is 14.4 Å². The van der Waals surface area contributed by atoms with Crippen LogP contribution in [0.1, 0.15) is 42.1 Å². The van der Waals surface area contributed by atoms with Crippen molar-refractivity contribution in [2.24, 2.45) is 0 Å². The molecule has 0 amide bonds. The standard InChI is InChI=1S/C23H25N3O3/c1-16-5-8-22-24-18(13-23(27)26(22)14-16)15-25-9-2-4-19(25)17-6-7-20-21(12-17)29-11-3-10-28-20/h5-8,12-14,19H,2-4,9-11,15H2,1H3/p+1/t19-/m0/s1. The quantitative estimate of drug-likeness (QED) is 0.742. The number of quaternary nitrogens is 1. The maximum atomic E-state index is 12.6. The molecule has 1 fully saturated rings. The van der Waals surface area contributed by atoms with Gasteiger partial charge >= 0.3 is 0 Å². The Bertz CT molecular complexity index is 1110. The van der Waals surface area contributed by atoms with Crippen LogP contribution in [0.4, 0.5) is 0 Å². The van der Waals surface area contributed by atoms with Crippen LogP contribution in [0, 0.1) is 6.92 Å². The first-order valence-corrected chi connectivity index (χ1v) is 10.4. The Labute approximate surface area is 169 Å². The highest BCUT2D eigenvalue weighted by Crippen LogP contribution is 2.33. The van der Waals surface area contributed by atoms with E-state index >= 15 is 0 Å². The first kappa shape index (κ1) is 18.2. The van der Waals surface area contributed by atoms with Crippen LogP contribution in [0.15, 0.2) is 47.4 Å². The Morgan fingerprint density at radius 1 is 1.10 bits per heavy atom. The van der Waals surface area contributed by atoms with Gasteiger partial charge in [0.05, 0.1) is 19.8 Å². The molecule has 5 rings (SSSR count). The van der Waals surface area contributed by atoms with Crippen molar-refractivity contribution in [3.63, 3.8) is 0 Å². The molecule has 2 atom stereocenters. The van der Waals surface area contributed by atoms with Gasteiger partial charge in [-0.15, -0.1) is 0 Å². The fourth-order valence-corrected chi connectivity index (χ4v) is 4.50. The minimum Gasteiger partial charge on any atom is -0.490 e. The Morgan fingerprint density at radius 2 is 1.97 bits per heavy atom. The summed E-state index contributed by atoms with van der Waals surface area (Å²) in [5, 5.41) is 0. The van der Waals surface area contributed by atoms with E-state index in [2.05, 4.69) is 12.1 Å². The molecule has 4 heterocycles. The van der Waals surface area contributed by atoms with E-state index in [1.807, 2.05) is 31.3 Å². The van der Waals surface area contributed by atoms with Crippen molar-refractivity contribution in [2.45, 2.75) is 38.8 Å². The van der Waals surface area contributed by atoms with E-state index in [0.29, 0.717) is 24.9 Å². The van der Waals surface area contributed by atoms with E-state index in [1.54, 1.807) is 10.5 Å². The van der Waals surface area contributed by atoms with Gasteiger partial charge in [-0.2, -0.15) is 0 Å². The van der Waals surface area contributed by atoms with Gasteiger partial charge in [0.1, 0.15) is 23.9 Å². The zero-order valence-electron chi connectivity index (χ0n) is 16.7. The number of fused-ring (bicyclic) bond motifs is 2. The minimum atomic E-state index is -0.0144. The average molecular weight is 392 g/mol. The molecule has 2 aromatic heterocycles. The number of ether oxygens (including phenoxy) is 2. The van der Waals surface area contributed by atoms with Gasteiger partial charge in [-0.25, -0.2) is 4.98 Å². The van der Waals surface area contributed by atoms with E-state index in [9.17, 15) is 4.79 Å². The second-order valence-corrected chi connectivity index (χ2v) is 8.06. The first-order chi connectivity index (χ1) is 14.2. The molecule has 3 aromatic rings. The number of benzene rings is 1. The summed E-state index contributed by atoms with van der Waals surface area (Å²) < 4.78 is 13.3. The molecule has 1 N–H and O–H groups in total. The molecule has 0 radical (unpaired) electrons. The molecule has 6 heteroatoms. The predicted octanol–water partition coefficient (Wildman–Crippen LogP) is 2.08. The molecule has 1 unspecified atom stereocenters. The van der Waals surface area contributed by atoms with Crippen LogP contribution in [0.5, 0.6) is 11.5 Å². The number of pyridine rings is 1. The molecule has 6 nitrogen and oxygen atoms in total. The summed E-state index contributed by atoms with van der Waals surface area (Å²) in [5.74, 6) is 1.69. The summed E-state index contributed by atoms with van der Waals surface area (Å²) in [7, 11) is 0. The number of nitrogens with zero attached hydrogens (tertiary/aromatic N) is 2. The summed E-state index contributed by atoms with van der Waals surface area (Å²) in [6.45, 7) is 5.21. The van der Waals surface area contributed by atoms with Crippen LogP contribution in [0.2, 0.25) is 0 Å². The lowest BCUT2D eigenvalue weighted by Crippen LogP contribution is -3.09. The number of aryl methyl sites for hydroxylation is 1. The monoisotopic (exact) mass is 392 g/mol. The molecule has 1 aromatic carbocycles. The van der Waals surface area contributed by atoms with Crippen molar-refractivity contribution < 1.29 is 14.4 Å². The normalized spacial score (nSPS) is 21.3. The van der Waals surface area contributed by atoms with Crippen molar-refractivity contribution in [1.29, 1.82) is 0 Å². The largest absolute Gasteiger partial charge is 0.490 e. The lowest BCUT2D eigenvalue weighted by molar-refractivity contribution is -0.932. The molecule has 1 saturated heterocycles. The highest BCUT2D eigenvalue weighted by atomic mass is 16.5. The number of hydrogen-bond donors (Lipinski definition) is 1. The zero-order chi connectivity index (χ0) is 19.8. The fraction of sp³-hybridized carbons (Fsp3) is 0.391. The van der Waals surface area contributed by atoms with Crippen molar-refractivity contribution in [1.82, 2.24) is 9.38 Å². The van der Waals surface area contributed by atoms with Crippen LogP contribution in [0.25, 0.3) is 5.65 Å². The number of nitrogens with one attached hydrogen (secondary N) is 1. The lowest BCUT2D eigenvalue weighted by atomic mass is 10.0. The van der Waals surface area contributed by atoms with Gasteiger partial charge in [0.2, 0.25) is 0 Å². The van der Waals surface area contributed by atoms with Gasteiger partial charge in [-0.05, 0) is 36.8 Å². The summed E-state index contributed by atoms with van der Waals surface area (Å²) in [6, 6.07) is 12.3. The third-order valence-corrected chi connectivity index (χ3v) is 5.93. The zero-order valence-corrected chi connectivity index (χ0v) is 16.7. The van der Waals surface area contributed by atoms with E-state index in [-0.39, 0.29) is 5.56 Å². The second kappa shape index (κ2) is 7.52. The number of hydrogen-bond acceptors (Lipinski definition) is 4. The van der Waals surface area contributed by atoms with Crippen molar-refractivity contribution >= 4 is 5.65 Å². The molecule has 150 valence electrons. The molecule has 29 heavy (non-hydrogen) atoms. The smallest absolute Gasteiger partial charge is 0.258 e. The third kappa shape index (κ3) is 3.60. The third-order valence-electron chi connectivity index (χ3n) is 5.93. The molecular formula is C23H26N3O3+. The molecule has 0 bridgehead atoms. The summed E-state index contributed by atoms with van der Waals surface area (Å²) >= 11 is 0. The van der Waals surface area contributed by atoms with Crippen LogP contribution in [-0.4, -0.2) is 29.1 Å². The van der Waals surface area contributed by atoms with Gasteiger partial charge in [0.25, 0.3) is 5.56 Å². The van der Waals surface area contributed by atoms with Crippen LogP contribution in [-0.2, 0) is 6.54 Å². The molecule has 2 aliphatic heterocycles. The topological polar surface area (TPSA) is 57.3 Å². The fourth-order valence-electron chi connectivity index (χ4n) is 4.50. The summed E-state index contributed by atoms with van der Waals surface area (Å²) in [4.78, 5) is 18.7. The van der Waals surface area contributed by atoms with Crippen LogP contribution >= 0.6 is 0 Å². The lowest BCUT2D eigenvalue weighted by Gasteiger charge is -2.22. The van der Waals surface area contributed by atoms with Crippen molar-refractivity contribution in [2.75, 3.05) is 19.8 Å². The molecular weight excluding hydrogens is 366 g/mol. The number of rotatable bonds is 3. The average Bonchev–Trinajstić information content (AvgIpc) is 3.04. The highest BCUT2D eigenvalue weighted by Gasteiger charge is 2.31. The maximum absolute atomic E-state index is 12.6. The predicted molar refractivity (Wildman–Crippen MR) is 110 cm³/mol. The SMILES string of the molecule is Cc1ccc2nc(C[NH+]3CCC[C@H]3c3ccc4c(c3)OCCCO4)cc(=O)n2c1. The van der Waals surface area contributed by atoms with E-state index in [4.69, 9.17) is 14.5 Å². The van der Waals surface area contributed by atoms with Gasteiger partial charge in [0, 0.05) is 37.1 Å². The van der Waals surface area contributed by atoms with E-state index in [0.717, 1.165) is 48.7 Å². The van der Waals surface area contributed by atoms with Crippen molar-refractivity contribution in [3.8, 4) is 11.5 Å². The second-order valence-electron chi connectivity index (χ2n) is 8.06. The highest BCUT2D eigenvalue weighted by molar-refractivity contribution is 5.44. The molecule has 0 spiro atoms. The van der Waals surface area contributed by atoms with Gasteiger partial charge in [0.15, 0.2) is 11.5 Å². The van der Waals surface area contributed by atoms with Crippen LogP contribution in [0.3, 0.4) is 0 Å². The Balaban J connectivity index is 1.42. The summed E-state index contributed by atoms with van der Waals surface area (Å²) in [5.41, 5.74) is 3.88. The summed E-state index contributed by atoms with van der Waals surface area (Å²) in [6.07, 6.45) is 5.05. The molecule has 2 aliphatic rings. The Hall–Kier alpha value is -2.86. The Morgan fingerprint density at radius 3 is 2.86 bits per heavy atom.